The van der Waals surface area contributed by atoms with Gasteiger partial charge in [-0.15, -0.1) is 0 Å². The van der Waals surface area contributed by atoms with Gasteiger partial charge in [0.25, 0.3) is 5.91 Å². The summed E-state index contributed by atoms with van der Waals surface area (Å²) in [5.74, 6) is -0.613. The first kappa shape index (κ1) is 22.4. The number of benzene rings is 2. The lowest BCUT2D eigenvalue weighted by molar-refractivity contribution is 0.0577. The van der Waals surface area contributed by atoms with Gasteiger partial charge in [0.2, 0.25) is 0 Å². The van der Waals surface area contributed by atoms with E-state index in [9.17, 15) is 9.59 Å². The fourth-order valence-corrected chi connectivity index (χ4v) is 2.73. The fraction of sp³-hybridized carbons (Fsp3) is 0.391. The third-order valence-corrected chi connectivity index (χ3v) is 4.32. The van der Waals surface area contributed by atoms with Gasteiger partial charge in [0, 0.05) is 11.3 Å². The van der Waals surface area contributed by atoms with E-state index in [0.717, 1.165) is 5.56 Å². The third kappa shape index (κ3) is 6.32. The van der Waals surface area contributed by atoms with E-state index in [0.29, 0.717) is 12.2 Å². The van der Waals surface area contributed by atoms with Crippen LogP contribution in [-0.2, 0) is 16.7 Å². The number of hydroxylamine groups is 1. The highest BCUT2D eigenvalue weighted by molar-refractivity contribution is 5.94. The first-order chi connectivity index (χ1) is 13.4. The monoisotopic (exact) mass is 398 g/mol. The van der Waals surface area contributed by atoms with Crippen molar-refractivity contribution in [3.8, 4) is 0 Å². The van der Waals surface area contributed by atoms with Crippen LogP contribution in [0.2, 0.25) is 0 Å². The average Bonchev–Trinajstić information content (AvgIpc) is 2.64. The number of carbonyl (C=O) groups is 2. The Kier molecular flexibility index (Phi) is 6.69. The predicted octanol–water partition coefficient (Wildman–Crippen LogP) is 5.04. The summed E-state index contributed by atoms with van der Waals surface area (Å²) in [7, 11) is 0. The molecule has 0 aliphatic carbocycles. The van der Waals surface area contributed by atoms with Gasteiger partial charge in [-0.1, -0.05) is 45.0 Å². The van der Waals surface area contributed by atoms with Gasteiger partial charge in [-0.2, -0.15) is 0 Å². The molecule has 0 aliphatic heterocycles. The van der Waals surface area contributed by atoms with Crippen LogP contribution in [-0.4, -0.2) is 22.8 Å². The van der Waals surface area contributed by atoms with E-state index in [1.54, 1.807) is 29.7 Å². The summed E-state index contributed by atoms with van der Waals surface area (Å²) in [6.07, 6.45) is -0.475. The normalized spacial score (nSPS) is 11.7. The highest BCUT2D eigenvalue weighted by atomic mass is 16.6. The second kappa shape index (κ2) is 8.66. The van der Waals surface area contributed by atoms with Crippen molar-refractivity contribution in [3.05, 3.63) is 65.2 Å². The molecule has 0 radical (unpaired) electrons. The van der Waals surface area contributed by atoms with E-state index in [-0.39, 0.29) is 11.0 Å². The predicted molar refractivity (Wildman–Crippen MR) is 113 cm³/mol. The van der Waals surface area contributed by atoms with Crippen molar-refractivity contribution < 1.29 is 19.5 Å². The van der Waals surface area contributed by atoms with Crippen LogP contribution < -0.4 is 10.4 Å². The topological polar surface area (TPSA) is 78.9 Å². The number of hydrogen-bond acceptors (Lipinski definition) is 4. The first-order valence-electron chi connectivity index (χ1n) is 9.55. The maximum atomic E-state index is 12.8. The van der Waals surface area contributed by atoms with E-state index >= 15 is 0 Å². The van der Waals surface area contributed by atoms with Crippen molar-refractivity contribution in [1.29, 1.82) is 0 Å². The van der Waals surface area contributed by atoms with Gasteiger partial charge in [0.1, 0.15) is 5.60 Å². The van der Waals surface area contributed by atoms with E-state index < -0.39 is 17.6 Å². The smallest absolute Gasteiger partial charge is 0.415 e. The number of nitrogens with zero attached hydrogens (tertiary/aromatic N) is 1. The van der Waals surface area contributed by atoms with Gasteiger partial charge in [0.05, 0.1) is 6.54 Å². The van der Waals surface area contributed by atoms with Crippen molar-refractivity contribution in [2.75, 3.05) is 4.90 Å². The minimum atomic E-state index is -0.637. The Labute approximate surface area is 172 Å². The molecule has 0 bridgehead atoms. The Morgan fingerprint density at radius 1 is 0.931 bits per heavy atom. The fourth-order valence-electron chi connectivity index (χ4n) is 2.73. The van der Waals surface area contributed by atoms with Crippen LogP contribution in [0.5, 0.6) is 0 Å². The van der Waals surface area contributed by atoms with Crippen LogP contribution >= 0.6 is 0 Å². The molecule has 0 fully saturated rings. The Hall–Kier alpha value is -2.86. The quantitative estimate of drug-likeness (QED) is 0.558. The number of rotatable bonds is 4. The number of ether oxygens (including phenoxy) is 1. The lowest BCUT2D eigenvalue weighted by Gasteiger charge is -2.28. The first-order valence-corrected chi connectivity index (χ1v) is 9.55. The van der Waals surface area contributed by atoms with E-state index in [1.807, 2.05) is 32.9 Å². The summed E-state index contributed by atoms with van der Waals surface area (Å²) in [5.41, 5.74) is 4.06. The Balaban J connectivity index is 2.32. The molecular weight excluding hydrogens is 368 g/mol. The molecule has 0 saturated carbocycles. The van der Waals surface area contributed by atoms with E-state index in [4.69, 9.17) is 9.94 Å². The highest BCUT2D eigenvalue weighted by Crippen LogP contribution is 2.25. The molecule has 0 spiro atoms. The van der Waals surface area contributed by atoms with Gasteiger partial charge in [-0.05, 0) is 61.6 Å². The summed E-state index contributed by atoms with van der Waals surface area (Å²) in [5, 5.41) is 8.77. The molecule has 0 heterocycles. The molecule has 0 atom stereocenters. The summed E-state index contributed by atoms with van der Waals surface area (Å²) in [4.78, 5) is 25.9. The van der Waals surface area contributed by atoms with Crippen LogP contribution in [0, 0.1) is 0 Å². The van der Waals surface area contributed by atoms with E-state index in [1.165, 1.54) is 10.5 Å². The molecule has 0 unspecified atom stereocenters. The van der Waals surface area contributed by atoms with Gasteiger partial charge in [-0.25, -0.2) is 10.3 Å². The Bertz CT molecular complexity index is 844. The van der Waals surface area contributed by atoms with Crippen LogP contribution in [0.25, 0.3) is 0 Å². The molecule has 6 heteroatoms. The zero-order chi connectivity index (χ0) is 21.8. The molecule has 6 nitrogen and oxygen atoms in total. The summed E-state index contributed by atoms with van der Waals surface area (Å²) in [6, 6.07) is 14.5. The van der Waals surface area contributed by atoms with Crippen molar-refractivity contribution >= 4 is 17.7 Å². The maximum Gasteiger partial charge on any atom is 0.415 e. The summed E-state index contributed by atoms with van der Waals surface area (Å²) >= 11 is 0. The second-order valence-electron chi connectivity index (χ2n) is 9.00. The average molecular weight is 399 g/mol. The van der Waals surface area contributed by atoms with Gasteiger partial charge in [-0.3, -0.25) is 14.9 Å². The minimum Gasteiger partial charge on any atom is -0.443 e. The molecule has 2 amide bonds. The molecule has 29 heavy (non-hydrogen) atoms. The molecule has 0 aliphatic rings. The number of hydrogen-bond donors (Lipinski definition) is 2. The highest BCUT2D eigenvalue weighted by Gasteiger charge is 2.24. The molecule has 2 aromatic carbocycles. The zero-order valence-electron chi connectivity index (χ0n) is 17.9. The number of carbonyl (C=O) groups excluding carboxylic acids is 2. The Morgan fingerprint density at radius 3 is 1.93 bits per heavy atom. The number of amides is 2. The molecule has 156 valence electrons. The zero-order valence-corrected chi connectivity index (χ0v) is 17.9. The standard InChI is InChI=1S/C23H30N2O4/c1-22(2,3)18-11-7-16(8-12-18)15-25(21(27)29-23(4,5)6)19-13-9-17(10-14-19)20(26)24-28/h7-14,28H,15H2,1-6H3,(H,24,26). The van der Waals surface area contributed by atoms with E-state index in [2.05, 4.69) is 32.9 Å². The molecule has 0 aromatic heterocycles. The van der Waals surface area contributed by atoms with Crippen LogP contribution in [0.15, 0.2) is 48.5 Å². The molecular formula is C23H30N2O4. The number of nitrogens with one attached hydrogen (secondary N) is 1. The SMILES string of the molecule is CC(C)(C)OC(=O)N(Cc1ccc(C(C)(C)C)cc1)c1ccc(C(=O)NO)cc1. The van der Waals surface area contributed by atoms with Crippen molar-refractivity contribution in [2.45, 2.75) is 59.1 Å². The molecule has 2 N–H and O–H groups in total. The van der Waals surface area contributed by atoms with Crippen LogP contribution in [0.3, 0.4) is 0 Å². The van der Waals surface area contributed by atoms with Gasteiger partial charge in [0.15, 0.2) is 0 Å². The van der Waals surface area contributed by atoms with Crippen molar-refractivity contribution in [2.24, 2.45) is 0 Å². The van der Waals surface area contributed by atoms with Gasteiger partial charge < -0.3 is 4.74 Å². The van der Waals surface area contributed by atoms with Crippen LogP contribution in [0.4, 0.5) is 10.5 Å². The molecule has 2 aromatic rings. The maximum absolute atomic E-state index is 12.8. The van der Waals surface area contributed by atoms with Crippen molar-refractivity contribution in [1.82, 2.24) is 5.48 Å². The molecule has 0 saturated heterocycles. The Morgan fingerprint density at radius 2 is 1.48 bits per heavy atom. The lowest BCUT2D eigenvalue weighted by Crippen LogP contribution is -2.36. The summed E-state index contributed by atoms with van der Waals surface area (Å²) < 4.78 is 5.57. The minimum absolute atomic E-state index is 0.0481. The lowest BCUT2D eigenvalue weighted by atomic mass is 9.87. The van der Waals surface area contributed by atoms with Gasteiger partial charge >= 0.3 is 6.09 Å². The van der Waals surface area contributed by atoms with Crippen molar-refractivity contribution in [3.63, 3.8) is 0 Å². The largest absolute Gasteiger partial charge is 0.443 e. The summed E-state index contributed by atoms with van der Waals surface area (Å²) in [6.45, 7) is 12.2. The molecule has 2 rings (SSSR count). The second-order valence-corrected chi connectivity index (χ2v) is 9.00. The third-order valence-electron chi connectivity index (χ3n) is 4.32. The number of anilines is 1. The van der Waals surface area contributed by atoms with Crippen LogP contribution in [0.1, 0.15) is 63.0 Å².